The first-order valence-corrected chi connectivity index (χ1v) is 11.0. The monoisotopic (exact) mass is 440 g/mol. The van der Waals surface area contributed by atoms with E-state index in [1.165, 1.54) is 24.3 Å². The molecule has 1 spiro atoms. The van der Waals surface area contributed by atoms with E-state index in [4.69, 9.17) is 19.3 Å². The average molecular weight is 440 g/mol. The van der Waals surface area contributed by atoms with Gasteiger partial charge in [-0.1, -0.05) is 25.1 Å². The molecule has 0 radical (unpaired) electrons. The van der Waals surface area contributed by atoms with E-state index in [2.05, 4.69) is 4.52 Å². The van der Waals surface area contributed by atoms with Crippen LogP contribution in [-0.4, -0.2) is 20.9 Å². The number of esters is 1. The number of carbonyl (C=O) groups is 1. The molecule has 158 valence electrons. The molecule has 0 amide bonds. The molecule has 2 aliphatic heterocycles. The molecule has 3 aromatic rings. The Bertz CT molecular complexity index is 1290. The zero-order chi connectivity index (χ0) is 22.0. The lowest BCUT2D eigenvalue weighted by Crippen LogP contribution is -2.32. The second kappa shape index (κ2) is 6.59. The summed E-state index contributed by atoms with van der Waals surface area (Å²) in [7, 11) is -4.79. The highest BCUT2D eigenvalue weighted by Gasteiger charge is 2.54. The fourth-order valence-corrected chi connectivity index (χ4v) is 4.68. The van der Waals surface area contributed by atoms with Gasteiger partial charge in [0.1, 0.15) is 23.0 Å². The molecule has 1 atom stereocenters. The fraction of sp³-hybridized carbons (Fsp3) is 0.136. The van der Waals surface area contributed by atoms with Gasteiger partial charge in [-0.05, 0) is 36.2 Å². The van der Waals surface area contributed by atoms with Crippen LogP contribution in [0.3, 0.4) is 0 Å². The van der Waals surface area contributed by atoms with Gasteiger partial charge in [-0.3, -0.25) is 9.79 Å². The summed E-state index contributed by atoms with van der Waals surface area (Å²) < 4.78 is 27.9. The molecule has 5 rings (SSSR count). The van der Waals surface area contributed by atoms with E-state index in [9.17, 15) is 14.5 Å². The highest BCUT2D eigenvalue weighted by Crippen LogP contribution is 2.57. The number of hydrogen-bond acceptors (Lipinski definition) is 6. The van der Waals surface area contributed by atoms with Crippen LogP contribution in [0.15, 0.2) is 54.6 Å². The minimum absolute atomic E-state index is 0.0492. The van der Waals surface area contributed by atoms with E-state index in [0.717, 1.165) is 5.56 Å². The molecular weight excluding hydrogens is 423 g/mol. The molecule has 0 fully saturated rings. The van der Waals surface area contributed by atoms with Crippen LogP contribution >= 0.6 is 7.82 Å². The lowest BCUT2D eigenvalue weighted by Gasteiger charge is -2.36. The van der Waals surface area contributed by atoms with Crippen molar-refractivity contribution in [3.05, 3.63) is 82.4 Å². The molecule has 3 aromatic carbocycles. The first kappa shape index (κ1) is 19.6. The van der Waals surface area contributed by atoms with Gasteiger partial charge in [-0.25, -0.2) is 9.36 Å². The third-order valence-corrected chi connectivity index (χ3v) is 5.93. The minimum atomic E-state index is -4.79. The quantitative estimate of drug-likeness (QED) is 0.413. The van der Waals surface area contributed by atoms with Gasteiger partial charge < -0.3 is 19.1 Å². The van der Waals surface area contributed by atoms with Gasteiger partial charge in [0.2, 0.25) is 0 Å². The summed E-state index contributed by atoms with van der Waals surface area (Å²) in [6, 6.07) is 14.3. The first-order chi connectivity index (χ1) is 14.7. The third-order valence-electron chi connectivity index (χ3n) is 5.48. The Balaban J connectivity index is 1.81. The third kappa shape index (κ3) is 2.91. The Morgan fingerprint density at radius 2 is 1.71 bits per heavy atom. The number of fused-ring (bicyclic) bond motifs is 6. The predicted molar refractivity (Wildman–Crippen MR) is 108 cm³/mol. The van der Waals surface area contributed by atoms with E-state index in [1.54, 1.807) is 12.1 Å². The van der Waals surface area contributed by atoms with Crippen molar-refractivity contribution in [1.82, 2.24) is 0 Å². The van der Waals surface area contributed by atoms with Crippen molar-refractivity contribution in [2.75, 3.05) is 0 Å². The summed E-state index contributed by atoms with van der Waals surface area (Å²) >= 11 is 0. The Kier molecular flexibility index (Phi) is 4.17. The highest BCUT2D eigenvalue weighted by molar-refractivity contribution is 7.46. The summed E-state index contributed by atoms with van der Waals surface area (Å²) in [5, 5.41) is 9.99. The van der Waals surface area contributed by atoms with Crippen LogP contribution in [0.1, 0.15) is 39.5 Å². The lowest BCUT2D eigenvalue weighted by atomic mass is 9.77. The first-order valence-electron chi connectivity index (χ1n) is 9.49. The highest BCUT2D eigenvalue weighted by atomic mass is 31.2. The Morgan fingerprint density at radius 3 is 2.42 bits per heavy atom. The summed E-state index contributed by atoms with van der Waals surface area (Å²) in [6.45, 7) is 1.95. The van der Waals surface area contributed by atoms with Gasteiger partial charge in [0.05, 0.1) is 5.56 Å². The van der Waals surface area contributed by atoms with Crippen LogP contribution in [0.5, 0.6) is 23.0 Å². The number of aromatic hydroxyl groups is 1. The molecule has 0 saturated heterocycles. The predicted octanol–water partition coefficient (Wildman–Crippen LogP) is 3.99. The number of phosphoric acid groups is 1. The number of phenolic OH excluding ortho intramolecular Hbond substituents is 1. The summed E-state index contributed by atoms with van der Waals surface area (Å²) in [5.74, 6) is -0.200. The van der Waals surface area contributed by atoms with Crippen LogP contribution < -0.4 is 9.26 Å². The van der Waals surface area contributed by atoms with Crippen molar-refractivity contribution in [2.45, 2.75) is 18.9 Å². The normalized spacial score (nSPS) is 18.6. The molecule has 0 bridgehead atoms. The van der Waals surface area contributed by atoms with Crippen molar-refractivity contribution < 1.29 is 38.3 Å². The molecule has 0 aliphatic carbocycles. The molecule has 0 saturated carbocycles. The maximum absolute atomic E-state index is 13.0. The summed E-state index contributed by atoms with van der Waals surface area (Å²) in [6.07, 6.45) is 0.634. The van der Waals surface area contributed by atoms with Crippen LogP contribution in [0, 0.1) is 0 Å². The van der Waals surface area contributed by atoms with E-state index in [0.29, 0.717) is 28.7 Å². The van der Waals surface area contributed by atoms with E-state index >= 15 is 0 Å². The number of ether oxygens (including phenoxy) is 2. The molecule has 2 aliphatic rings. The number of carbonyl (C=O) groups excluding carboxylic acids is 1. The number of rotatable bonds is 3. The standard InChI is InChI=1S/C22H17O8P/c1-2-12-4-3-5-17-20(12)21(24)29-22(17)15-8-6-13(23)10-18(15)28-19-11-14(7-9-16(19)22)30-31(25,26)27/h3-11,23H,2H2,1H3,(H2,25,26,27). The zero-order valence-electron chi connectivity index (χ0n) is 16.2. The Morgan fingerprint density at radius 1 is 1.00 bits per heavy atom. The van der Waals surface area contributed by atoms with E-state index < -0.39 is 19.4 Å². The fourth-order valence-electron chi connectivity index (χ4n) is 4.30. The SMILES string of the molecule is CCc1cccc2c1C(=O)OC21c2ccc(O)cc2Oc2cc(OP(=O)(O)O)ccc21. The summed E-state index contributed by atoms with van der Waals surface area (Å²) in [4.78, 5) is 31.3. The van der Waals surface area contributed by atoms with Gasteiger partial charge in [0.15, 0.2) is 5.60 Å². The van der Waals surface area contributed by atoms with Crippen molar-refractivity contribution >= 4 is 13.8 Å². The molecule has 3 N–H and O–H groups in total. The minimum Gasteiger partial charge on any atom is -0.508 e. The maximum atomic E-state index is 13.0. The van der Waals surface area contributed by atoms with E-state index in [-0.39, 0.29) is 23.0 Å². The molecule has 9 heteroatoms. The van der Waals surface area contributed by atoms with Crippen LogP contribution in [-0.2, 0) is 21.3 Å². The van der Waals surface area contributed by atoms with Crippen molar-refractivity contribution in [2.24, 2.45) is 0 Å². The largest absolute Gasteiger partial charge is 0.524 e. The number of aryl methyl sites for hydroxylation is 1. The second-order valence-electron chi connectivity index (χ2n) is 7.29. The number of phenols is 1. The van der Waals surface area contributed by atoms with Crippen LogP contribution in [0.2, 0.25) is 0 Å². The van der Waals surface area contributed by atoms with Gasteiger partial charge >= 0.3 is 13.8 Å². The average Bonchev–Trinajstić information content (AvgIpc) is 3.00. The van der Waals surface area contributed by atoms with Gasteiger partial charge in [0.25, 0.3) is 0 Å². The zero-order valence-corrected chi connectivity index (χ0v) is 17.1. The van der Waals surface area contributed by atoms with Gasteiger partial charge in [-0.2, -0.15) is 0 Å². The molecular formula is C22H17O8P. The Labute approximate surface area is 176 Å². The van der Waals surface area contributed by atoms with Crippen molar-refractivity contribution in [3.63, 3.8) is 0 Å². The Hall–Kier alpha value is -3.32. The molecule has 0 aromatic heterocycles. The molecule has 31 heavy (non-hydrogen) atoms. The van der Waals surface area contributed by atoms with Gasteiger partial charge in [0, 0.05) is 28.8 Å². The number of phosphoric ester groups is 1. The molecule has 2 heterocycles. The maximum Gasteiger partial charge on any atom is 0.524 e. The van der Waals surface area contributed by atoms with Crippen LogP contribution in [0.4, 0.5) is 0 Å². The molecule has 8 nitrogen and oxygen atoms in total. The van der Waals surface area contributed by atoms with E-state index in [1.807, 2.05) is 25.1 Å². The second-order valence-corrected chi connectivity index (χ2v) is 8.45. The van der Waals surface area contributed by atoms with Gasteiger partial charge in [-0.15, -0.1) is 0 Å². The number of hydrogen-bond donors (Lipinski definition) is 3. The smallest absolute Gasteiger partial charge is 0.508 e. The van der Waals surface area contributed by atoms with Crippen molar-refractivity contribution in [1.29, 1.82) is 0 Å². The summed E-state index contributed by atoms with van der Waals surface area (Å²) in [5.41, 5.74) is 1.62. The van der Waals surface area contributed by atoms with Crippen molar-refractivity contribution in [3.8, 4) is 23.0 Å². The molecule has 1 unspecified atom stereocenters. The lowest BCUT2D eigenvalue weighted by molar-refractivity contribution is 0.0224. The number of benzene rings is 3. The topological polar surface area (TPSA) is 123 Å². The van der Waals surface area contributed by atoms with Crippen LogP contribution in [0.25, 0.3) is 0 Å².